The minimum atomic E-state index is -0.0906. The number of rotatable bonds is 4. The lowest BCUT2D eigenvalue weighted by Crippen LogP contribution is -1.99. The molecule has 0 atom stereocenters. The van der Waals surface area contributed by atoms with Crippen molar-refractivity contribution < 1.29 is 10.2 Å². The molecule has 3 nitrogen and oxygen atoms in total. The molecule has 0 aliphatic carbocycles. The fourth-order valence-corrected chi connectivity index (χ4v) is 2.11. The number of phenolic OH excluding ortho intramolecular Hbond substituents is 2. The number of thioether (sulfide) groups is 1. The average molecular weight is 261 g/mol. The third-order valence-electron chi connectivity index (χ3n) is 2.65. The first kappa shape index (κ1) is 12.6. The molecule has 2 aromatic carbocycles. The molecule has 0 aliphatic heterocycles. The molecule has 0 aliphatic rings. The van der Waals surface area contributed by atoms with E-state index in [-0.39, 0.29) is 11.5 Å². The van der Waals surface area contributed by atoms with Gasteiger partial charge in [0.2, 0.25) is 0 Å². The molecule has 94 valence electrons. The molecule has 0 bridgehead atoms. The van der Waals surface area contributed by atoms with Gasteiger partial charge in [0.15, 0.2) is 11.5 Å². The maximum absolute atomic E-state index is 9.68. The summed E-state index contributed by atoms with van der Waals surface area (Å²) in [5, 5.41) is 22.3. The standard InChI is InChI=1S/C14H15NO2S/c1-18-12-6-3-5-11(8-12)15-9-10-4-2-7-13(16)14(10)17/h2-8,15-17H,9H2,1H3. The summed E-state index contributed by atoms with van der Waals surface area (Å²) in [6.45, 7) is 0.470. The maximum atomic E-state index is 9.68. The average Bonchev–Trinajstić information content (AvgIpc) is 2.41. The largest absolute Gasteiger partial charge is 0.504 e. The lowest BCUT2D eigenvalue weighted by molar-refractivity contribution is 0.400. The highest BCUT2D eigenvalue weighted by atomic mass is 32.2. The zero-order valence-corrected chi connectivity index (χ0v) is 10.9. The van der Waals surface area contributed by atoms with Gasteiger partial charge in [-0.2, -0.15) is 0 Å². The number of hydrogen-bond acceptors (Lipinski definition) is 4. The van der Waals surface area contributed by atoms with Crippen LogP contribution in [0.4, 0.5) is 5.69 Å². The van der Waals surface area contributed by atoms with E-state index < -0.39 is 0 Å². The number of hydrogen-bond donors (Lipinski definition) is 3. The fraction of sp³-hybridized carbons (Fsp3) is 0.143. The van der Waals surface area contributed by atoms with E-state index in [2.05, 4.69) is 5.32 Å². The highest BCUT2D eigenvalue weighted by Crippen LogP contribution is 2.29. The molecule has 0 unspecified atom stereocenters. The second-order valence-electron chi connectivity index (χ2n) is 3.87. The Morgan fingerprint density at radius 2 is 1.89 bits per heavy atom. The Kier molecular flexibility index (Phi) is 3.99. The monoisotopic (exact) mass is 261 g/mol. The molecule has 0 saturated carbocycles. The van der Waals surface area contributed by atoms with Crippen molar-refractivity contribution in [2.45, 2.75) is 11.4 Å². The van der Waals surface area contributed by atoms with E-state index in [0.717, 1.165) is 5.69 Å². The highest BCUT2D eigenvalue weighted by molar-refractivity contribution is 7.98. The van der Waals surface area contributed by atoms with Crippen LogP contribution in [0.5, 0.6) is 11.5 Å². The zero-order chi connectivity index (χ0) is 13.0. The molecule has 2 aromatic rings. The fourth-order valence-electron chi connectivity index (χ4n) is 1.65. The van der Waals surface area contributed by atoms with Gasteiger partial charge in [0.1, 0.15) is 0 Å². The first-order valence-electron chi connectivity index (χ1n) is 5.58. The summed E-state index contributed by atoms with van der Waals surface area (Å²) < 4.78 is 0. The predicted octanol–water partition coefficient (Wildman–Crippen LogP) is 3.43. The van der Waals surface area contributed by atoms with Crippen LogP contribution in [-0.4, -0.2) is 16.5 Å². The zero-order valence-electron chi connectivity index (χ0n) is 10.1. The Labute approximate surface area is 110 Å². The van der Waals surface area contributed by atoms with Gasteiger partial charge in [-0.05, 0) is 30.5 Å². The Balaban J connectivity index is 2.09. The molecule has 0 radical (unpaired) electrons. The summed E-state index contributed by atoms with van der Waals surface area (Å²) in [6.07, 6.45) is 2.03. The Bertz CT molecular complexity index is 543. The maximum Gasteiger partial charge on any atom is 0.162 e. The van der Waals surface area contributed by atoms with E-state index >= 15 is 0 Å². The quantitative estimate of drug-likeness (QED) is 0.583. The minimum Gasteiger partial charge on any atom is -0.504 e. The third kappa shape index (κ3) is 2.90. The van der Waals surface area contributed by atoms with Gasteiger partial charge in [0.05, 0.1) is 0 Å². The van der Waals surface area contributed by atoms with Crippen LogP contribution in [0.1, 0.15) is 5.56 Å². The molecule has 0 aromatic heterocycles. The van der Waals surface area contributed by atoms with Crippen molar-refractivity contribution in [3.05, 3.63) is 48.0 Å². The molecule has 4 heteroatoms. The molecule has 0 spiro atoms. The summed E-state index contributed by atoms with van der Waals surface area (Å²) in [4.78, 5) is 1.18. The van der Waals surface area contributed by atoms with Crippen LogP contribution in [0.2, 0.25) is 0 Å². The summed E-state index contributed by atoms with van der Waals surface area (Å²) in [6, 6.07) is 13.0. The molecule has 2 rings (SSSR count). The first-order chi connectivity index (χ1) is 8.70. The van der Waals surface area contributed by atoms with Crippen molar-refractivity contribution in [1.82, 2.24) is 0 Å². The van der Waals surface area contributed by atoms with Crippen LogP contribution in [0, 0.1) is 0 Å². The lowest BCUT2D eigenvalue weighted by atomic mass is 10.2. The number of anilines is 1. The van der Waals surface area contributed by atoms with Gasteiger partial charge < -0.3 is 15.5 Å². The van der Waals surface area contributed by atoms with E-state index in [0.29, 0.717) is 12.1 Å². The van der Waals surface area contributed by atoms with E-state index in [1.165, 1.54) is 11.0 Å². The van der Waals surface area contributed by atoms with E-state index in [1.807, 2.05) is 30.5 Å². The molecule has 3 N–H and O–H groups in total. The third-order valence-corrected chi connectivity index (χ3v) is 3.38. The van der Waals surface area contributed by atoms with Crippen LogP contribution in [0.15, 0.2) is 47.4 Å². The van der Waals surface area contributed by atoms with Crippen molar-refractivity contribution in [2.75, 3.05) is 11.6 Å². The van der Waals surface area contributed by atoms with E-state index in [1.54, 1.807) is 23.9 Å². The normalized spacial score (nSPS) is 10.3. The number of nitrogens with one attached hydrogen (secondary N) is 1. The van der Waals surface area contributed by atoms with Gasteiger partial charge >= 0.3 is 0 Å². The van der Waals surface area contributed by atoms with E-state index in [4.69, 9.17) is 0 Å². The van der Waals surface area contributed by atoms with Crippen molar-refractivity contribution in [1.29, 1.82) is 0 Å². The first-order valence-corrected chi connectivity index (χ1v) is 6.81. The Morgan fingerprint density at radius 3 is 2.67 bits per heavy atom. The van der Waals surface area contributed by atoms with Gasteiger partial charge in [0.25, 0.3) is 0 Å². The smallest absolute Gasteiger partial charge is 0.162 e. The molecule has 0 fully saturated rings. The number of benzene rings is 2. The molecule has 0 saturated heterocycles. The summed E-state index contributed by atoms with van der Waals surface area (Å²) in [7, 11) is 0. The van der Waals surface area contributed by atoms with Crippen molar-refractivity contribution in [3.63, 3.8) is 0 Å². The van der Waals surface area contributed by atoms with Crippen molar-refractivity contribution in [2.24, 2.45) is 0 Å². The lowest BCUT2D eigenvalue weighted by Gasteiger charge is -2.09. The van der Waals surface area contributed by atoms with Crippen LogP contribution in [0.25, 0.3) is 0 Å². The molecular formula is C14H15NO2S. The summed E-state index contributed by atoms with van der Waals surface area (Å²) >= 11 is 1.68. The van der Waals surface area contributed by atoms with E-state index in [9.17, 15) is 10.2 Å². The van der Waals surface area contributed by atoms with Crippen LogP contribution in [0.3, 0.4) is 0 Å². The van der Waals surface area contributed by atoms with Gasteiger partial charge in [-0.1, -0.05) is 18.2 Å². The number of para-hydroxylation sites is 1. The van der Waals surface area contributed by atoms with Crippen LogP contribution >= 0.6 is 11.8 Å². The van der Waals surface area contributed by atoms with Gasteiger partial charge in [-0.25, -0.2) is 0 Å². The molecule has 18 heavy (non-hydrogen) atoms. The van der Waals surface area contributed by atoms with Gasteiger partial charge in [0, 0.05) is 22.7 Å². The minimum absolute atomic E-state index is 0.0639. The van der Waals surface area contributed by atoms with Gasteiger partial charge in [-0.3, -0.25) is 0 Å². The SMILES string of the molecule is CSc1cccc(NCc2cccc(O)c2O)c1. The number of aromatic hydroxyl groups is 2. The van der Waals surface area contributed by atoms with Crippen molar-refractivity contribution >= 4 is 17.4 Å². The molecule has 0 amide bonds. The second kappa shape index (κ2) is 5.69. The Morgan fingerprint density at radius 1 is 1.11 bits per heavy atom. The number of phenols is 2. The summed E-state index contributed by atoms with van der Waals surface area (Å²) in [5.74, 6) is -0.154. The predicted molar refractivity (Wildman–Crippen MR) is 75.3 cm³/mol. The van der Waals surface area contributed by atoms with Crippen LogP contribution in [-0.2, 0) is 6.54 Å². The molecular weight excluding hydrogens is 246 g/mol. The summed E-state index contributed by atoms with van der Waals surface area (Å²) in [5.41, 5.74) is 1.66. The Hall–Kier alpha value is -1.81. The topological polar surface area (TPSA) is 52.5 Å². The second-order valence-corrected chi connectivity index (χ2v) is 4.75. The van der Waals surface area contributed by atoms with Crippen molar-refractivity contribution in [3.8, 4) is 11.5 Å². The highest BCUT2D eigenvalue weighted by Gasteiger charge is 2.05. The molecule has 0 heterocycles. The van der Waals surface area contributed by atoms with Crippen LogP contribution < -0.4 is 5.32 Å². The van der Waals surface area contributed by atoms with Gasteiger partial charge in [-0.15, -0.1) is 11.8 Å².